The van der Waals surface area contributed by atoms with Crippen LogP contribution in [0.2, 0.25) is 0 Å². The van der Waals surface area contributed by atoms with Crippen molar-refractivity contribution in [3.05, 3.63) is 70.8 Å². The number of para-hydroxylation sites is 1. The molecule has 186 valence electrons. The van der Waals surface area contributed by atoms with Crippen molar-refractivity contribution < 1.29 is 14.3 Å². The van der Waals surface area contributed by atoms with Gasteiger partial charge in [0.05, 0.1) is 29.3 Å². The quantitative estimate of drug-likeness (QED) is 0.281. The second-order valence-electron chi connectivity index (χ2n) is 9.29. The Morgan fingerprint density at radius 3 is 2.75 bits per heavy atom. The van der Waals surface area contributed by atoms with Gasteiger partial charge >= 0.3 is 0 Å². The van der Waals surface area contributed by atoms with Crippen molar-refractivity contribution in [1.29, 1.82) is 0 Å². The summed E-state index contributed by atoms with van der Waals surface area (Å²) in [5.74, 6) is 0.781. The summed E-state index contributed by atoms with van der Waals surface area (Å²) in [7, 11) is 0. The number of thioether (sulfide) groups is 1. The van der Waals surface area contributed by atoms with Gasteiger partial charge in [0.1, 0.15) is 15.8 Å². The lowest BCUT2D eigenvalue weighted by Gasteiger charge is -2.18. The predicted octanol–water partition coefficient (Wildman–Crippen LogP) is 6.02. The van der Waals surface area contributed by atoms with Gasteiger partial charge in [-0.05, 0) is 75.6 Å². The number of nitrogens with zero attached hydrogens (tertiary/aromatic N) is 3. The Hall–Kier alpha value is -2.94. The normalized spacial score (nSPS) is 19.2. The molecule has 2 saturated heterocycles. The minimum Gasteiger partial charge on any atom is -0.491 e. The Morgan fingerprint density at radius 2 is 2.06 bits per heavy atom. The van der Waals surface area contributed by atoms with E-state index in [9.17, 15) is 4.79 Å². The van der Waals surface area contributed by atoms with Crippen molar-refractivity contribution in [2.75, 3.05) is 13.2 Å². The maximum absolute atomic E-state index is 13.3. The number of benzene rings is 2. The first-order valence-corrected chi connectivity index (χ1v) is 13.4. The zero-order valence-electron chi connectivity index (χ0n) is 20.6. The number of hydrogen-bond acceptors (Lipinski definition) is 6. The van der Waals surface area contributed by atoms with Gasteiger partial charge in [0, 0.05) is 23.9 Å². The van der Waals surface area contributed by atoms with E-state index in [1.54, 1.807) is 4.90 Å². The molecule has 0 bridgehead atoms. The number of ether oxygens (including phenoxy) is 2. The van der Waals surface area contributed by atoms with Crippen LogP contribution in [0.15, 0.2) is 59.6 Å². The highest BCUT2D eigenvalue weighted by Gasteiger charge is 2.35. The van der Waals surface area contributed by atoms with Crippen LogP contribution in [0.1, 0.15) is 37.8 Å². The fourth-order valence-electron chi connectivity index (χ4n) is 4.40. The highest BCUT2D eigenvalue weighted by atomic mass is 32.2. The molecule has 1 aromatic heterocycles. The third kappa shape index (κ3) is 5.26. The Kier molecular flexibility index (Phi) is 7.27. The second kappa shape index (κ2) is 10.6. The summed E-state index contributed by atoms with van der Waals surface area (Å²) in [4.78, 5) is 15.6. The van der Waals surface area contributed by atoms with E-state index in [1.807, 2.05) is 80.2 Å². The van der Waals surface area contributed by atoms with Crippen LogP contribution in [0.25, 0.3) is 23.0 Å². The smallest absolute Gasteiger partial charge is 0.266 e. The van der Waals surface area contributed by atoms with E-state index in [1.165, 1.54) is 11.8 Å². The molecule has 8 heteroatoms. The average Bonchev–Trinajstić information content (AvgIpc) is 3.58. The van der Waals surface area contributed by atoms with Crippen molar-refractivity contribution in [2.45, 2.75) is 45.8 Å². The molecular formula is C28H29N3O3S2. The summed E-state index contributed by atoms with van der Waals surface area (Å²) >= 11 is 6.89. The van der Waals surface area contributed by atoms with Crippen LogP contribution in [-0.4, -0.2) is 50.3 Å². The first-order chi connectivity index (χ1) is 17.4. The summed E-state index contributed by atoms with van der Waals surface area (Å²) in [6.07, 6.45) is 6.00. The number of carbonyl (C=O) groups excluding carboxylic acids is 1. The molecule has 3 heterocycles. The van der Waals surface area contributed by atoms with Crippen LogP contribution >= 0.6 is 24.0 Å². The van der Waals surface area contributed by atoms with Gasteiger partial charge in [-0.1, -0.05) is 42.2 Å². The van der Waals surface area contributed by atoms with Gasteiger partial charge in [0.25, 0.3) is 5.91 Å². The number of thiocarbonyl (C=S) groups is 1. The van der Waals surface area contributed by atoms with Gasteiger partial charge in [0.15, 0.2) is 0 Å². The van der Waals surface area contributed by atoms with Crippen molar-refractivity contribution in [1.82, 2.24) is 14.7 Å². The maximum atomic E-state index is 13.3. The van der Waals surface area contributed by atoms with Crippen molar-refractivity contribution in [2.24, 2.45) is 0 Å². The molecule has 1 amide bonds. The van der Waals surface area contributed by atoms with E-state index in [4.69, 9.17) is 26.8 Å². The number of aromatic nitrogens is 2. The van der Waals surface area contributed by atoms with E-state index < -0.39 is 0 Å². The van der Waals surface area contributed by atoms with E-state index in [-0.39, 0.29) is 18.1 Å². The van der Waals surface area contributed by atoms with Gasteiger partial charge < -0.3 is 9.47 Å². The van der Waals surface area contributed by atoms with Gasteiger partial charge in [0.2, 0.25) is 0 Å². The molecule has 36 heavy (non-hydrogen) atoms. The van der Waals surface area contributed by atoms with Crippen molar-refractivity contribution >= 4 is 40.3 Å². The Labute approximate surface area is 221 Å². The molecule has 2 fully saturated rings. The lowest BCUT2D eigenvalue weighted by atomic mass is 10.0. The molecule has 0 N–H and O–H groups in total. The lowest BCUT2D eigenvalue weighted by Crippen LogP contribution is -2.35. The summed E-state index contributed by atoms with van der Waals surface area (Å²) in [6, 6.07) is 16.0. The predicted molar refractivity (Wildman–Crippen MR) is 148 cm³/mol. The first kappa shape index (κ1) is 24.7. The molecule has 2 aliphatic heterocycles. The largest absolute Gasteiger partial charge is 0.491 e. The van der Waals surface area contributed by atoms with Crippen LogP contribution in [0, 0.1) is 6.92 Å². The molecule has 2 aromatic carbocycles. The monoisotopic (exact) mass is 519 g/mol. The summed E-state index contributed by atoms with van der Waals surface area (Å²) in [5, 5.41) is 4.91. The first-order valence-electron chi connectivity index (χ1n) is 12.2. The number of aryl methyl sites for hydroxylation is 1. The Morgan fingerprint density at radius 1 is 1.25 bits per heavy atom. The topological polar surface area (TPSA) is 56.6 Å². The third-order valence-corrected chi connectivity index (χ3v) is 7.52. The zero-order chi connectivity index (χ0) is 25.2. The molecule has 0 radical (unpaired) electrons. The molecule has 5 rings (SSSR count). The molecule has 0 spiro atoms. The summed E-state index contributed by atoms with van der Waals surface area (Å²) in [6.45, 7) is 7.32. The standard InChI is InChI=1S/C28H29N3O3S2/c1-18(2)34-24-12-11-20(14-19(24)3)26-21(16-31(29-26)22-8-5-4-6-9-22)15-25-27(32)30(28(35)36-25)17-23-10-7-13-33-23/h4-6,8-9,11-12,14-16,18,23H,7,10,13,17H2,1-3H3/b25-15-/t23-/m1/s1. The van der Waals surface area contributed by atoms with Crippen LogP contribution in [0.4, 0.5) is 0 Å². The van der Waals surface area contributed by atoms with E-state index in [2.05, 4.69) is 6.07 Å². The highest BCUT2D eigenvalue weighted by molar-refractivity contribution is 8.26. The average molecular weight is 520 g/mol. The van der Waals surface area contributed by atoms with Gasteiger partial charge in [-0.15, -0.1) is 0 Å². The molecule has 2 aliphatic rings. The van der Waals surface area contributed by atoms with Crippen LogP contribution in [0.5, 0.6) is 5.75 Å². The second-order valence-corrected chi connectivity index (χ2v) is 11.0. The van der Waals surface area contributed by atoms with Crippen LogP contribution < -0.4 is 4.74 Å². The number of carbonyl (C=O) groups is 1. The molecular weight excluding hydrogens is 490 g/mol. The summed E-state index contributed by atoms with van der Waals surface area (Å²) in [5.41, 5.74) is 4.58. The van der Waals surface area contributed by atoms with E-state index in [0.717, 1.165) is 53.3 Å². The number of hydrogen-bond donors (Lipinski definition) is 0. The fourth-order valence-corrected chi connectivity index (χ4v) is 5.67. The Bertz CT molecular complexity index is 1310. The van der Waals surface area contributed by atoms with Crippen molar-refractivity contribution in [3.63, 3.8) is 0 Å². The molecule has 0 aliphatic carbocycles. The minimum atomic E-state index is -0.0734. The molecule has 0 saturated carbocycles. The lowest BCUT2D eigenvalue weighted by molar-refractivity contribution is -0.123. The molecule has 0 unspecified atom stereocenters. The van der Waals surface area contributed by atoms with Gasteiger partial charge in [-0.25, -0.2) is 4.68 Å². The maximum Gasteiger partial charge on any atom is 0.266 e. The molecule has 3 aromatic rings. The fraction of sp³-hybridized carbons (Fsp3) is 0.321. The number of rotatable bonds is 7. The SMILES string of the molecule is Cc1cc(-c2nn(-c3ccccc3)cc2/C=C2\SC(=S)N(C[C@H]3CCCO3)C2=O)ccc1OC(C)C. The third-order valence-electron chi connectivity index (χ3n) is 6.14. The summed E-state index contributed by atoms with van der Waals surface area (Å²) < 4.78 is 14.1. The van der Waals surface area contributed by atoms with Crippen LogP contribution in [-0.2, 0) is 9.53 Å². The van der Waals surface area contributed by atoms with Crippen molar-refractivity contribution in [3.8, 4) is 22.7 Å². The molecule has 6 nitrogen and oxygen atoms in total. The molecule has 1 atom stereocenters. The minimum absolute atomic E-state index is 0.0535. The van der Waals surface area contributed by atoms with Gasteiger partial charge in [-0.2, -0.15) is 5.10 Å². The highest BCUT2D eigenvalue weighted by Crippen LogP contribution is 2.36. The zero-order valence-corrected chi connectivity index (χ0v) is 22.3. The van der Waals surface area contributed by atoms with Crippen LogP contribution in [0.3, 0.4) is 0 Å². The van der Waals surface area contributed by atoms with E-state index >= 15 is 0 Å². The Balaban J connectivity index is 1.51. The van der Waals surface area contributed by atoms with E-state index in [0.29, 0.717) is 15.8 Å². The van der Waals surface area contributed by atoms with Gasteiger partial charge in [-0.3, -0.25) is 9.69 Å². The number of amides is 1.